The van der Waals surface area contributed by atoms with Gasteiger partial charge in [0.15, 0.2) is 0 Å². The SMILES string of the molecule is [B][C@@H]1O[C@@]2(CCOP([B])(=O)OC2)C(C)[C@@H]1F. The van der Waals surface area contributed by atoms with Crippen molar-refractivity contribution in [3.63, 3.8) is 0 Å². The van der Waals surface area contributed by atoms with E-state index < -0.39 is 31.2 Å². The first-order chi connectivity index (χ1) is 7.36. The largest absolute Gasteiger partial charge is 0.376 e. The maximum absolute atomic E-state index is 13.6. The zero-order chi connectivity index (χ0) is 12.0. The van der Waals surface area contributed by atoms with Crippen molar-refractivity contribution in [1.29, 1.82) is 0 Å². The Morgan fingerprint density at radius 3 is 2.75 bits per heavy atom. The fraction of sp³-hybridized carbons (Fsp3) is 1.00. The lowest BCUT2D eigenvalue weighted by molar-refractivity contribution is -0.0625. The molecule has 2 saturated heterocycles. The number of halogens is 1. The number of rotatable bonds is 0. The molecule has 0 aromatic heterocycles. The van der Waals surface area contributed by atoms with E-state index in [0.29, 0.717) is 6.42 Å². The Labute approximate surface area is 96.5 Å². The van der Waals surface area contributed by atoms with Gasteiger partial charge in [0.05, 0.1) is 18.8 Å². The Kier molecular flexibility index (Phi) is 3.26. The molecular weight excluding hydrogens is 232 g/mol. The quantitative estimate of drug-likeness (QED) is 0.469. The van der Waals surface area contributed by atoms with Gasteiger partial charge in [0, 0.05) is 18.3 Å². The molecule has 0 bridgehead atoms. The van der Waals surface area contributed by atoms with Crippen molar-refractivity contribution >= 4 is 22.9 Å². The molecule has 4 nitrogen and oxygen atoms in total. The Hall–Kier alpha value is 0.170. The lowest BCUT2D eigenvalue weighted by atomic mass is 9.82. The molecule has 0 saturated carbocycles. The van der Waals surface area contributed by atoms with Crippen molar-refractivity contribution in [2.24, 2.45) is 5.92 Å². The van der Waals surface area contributed by atoms with Gasteiger partial charge >= 0.3 is 0 Å². The van der Waals surface area contributed by atoms with E-state index in [9.17, 15) is 8.96 Å². The molecule has 8 heteroatoms. The second-order valence-corrected chi connectivity index (χ2v) is 5.87. The van der Waals surface area contributed by atoms with Gasteiger partial charge in [-0.15, -0.1) is 0 Å². The zero-order valence-corrected chi connectivity index (χ0v) is 9.86. The summed E-state index contributed by atoms with van der Waals surface area (Å²) < 4.78 is 40.3. The van der Waals surface area contributed by atoms with Gasteiger partial charge in [-0.3, -0.25) is 4.57 Å². The molecule has 4 radical (unpaired) electrons. The average molecular weight is 244 g/mol. The highest BCUT2D eigenvalue weighted by molar-refractivity contribution is 7.79. The van der Waals surface area contributed by atoms with Crippen LogP contribution in [-0.4, -0.2) is 46.4 Å². The second kappa shape index (κ2) is 4.13. The van der Waals surface area contributed by atoms with E-state index in [-0.39, 0.29) is 13.2 Å². The van der Waals surface area contributed by atoms with Crippen molar-refractivity contribution in [3.8, 4) is 0 Å². The fourth-order valence-corrected chi connectivity index (χ4v) is 2.94. The first kappa shape index (κ1) is 12.6. The first-order valence-electron chi connectivity index (χ1n) is 5.11. The minimum absolute atomic E-state index is 0.0595. The van der Waals surface area contributed by atoms with Gasteiger partial charge in [-0.05, 0) is 0 Å². The maximum Gasteiger partial charge on any atom is 0.263 e. The van der Waals surface area contributed by atoms with E-state index in [1.165, 1.54) is 0 Å². The Morgan fingerprint density at radius 1 is 1.50 bits per heavy atom. The average Bonchev–Trinajstić information content (AvgIpc) is 2.37. The molecule has 0 aromatic carbocycles. The monoisotopic (exact) mass is 244 g/mol. The minimum Gasteiger partial charge on any atom is -0.376 e. The van der Waals surface area contributed by atoms with Crippen LogP contribution in [0.25, 0.3) is 0 Å². The van der Waals surface area contributed by atoms with E-state index in [1.807, 2.05) is 0 Å². The molecule has 0 aromatic rings. The summed E-state index contributed by atoms with van der Waals surface area (Å²) in [4.78, 5) is 0. The van der Waals surface area contributed by atoms with Crippen LogP contribution >= 0.6 is 7.47 Å². The maximum atomic E-state index is 13.6. The van der Waals surface area contributed by atoms with E-state index in [4.69, 9.17) is 29.2 Å². The molecule has 0 aliphatic carbocycles. The van der Waals surface area contributed by atoms with Crippen LogP contribution in [0.5, 0.6) is 0 Å². The van der Waals surface area contributed by atoms with Crippen LogP contribution in [0.15, 0.2) is 0 Å². The summed E-state index contributed by atoms with van der Waals surface area (Å²) in [5.41, 5.74) is -0.885. The van der Waals surface area contributed by atoms with Crippen LogP contribution in [0.3, 0.4) is 0 Å². The summed E-state index contributed by atoms with van der Waals surface area (Å²) in [5.74, 6) is -0.441. The molecular formula is C8H12B2FO4P. The van der Waals surface area contributed by atoms with Gasteiger partial charge in [0.2, 0.25) is 7.57 Å². The molecule has 2 aliphatic heterocycles. The number of ether oxygens (including phenoxy) is 1. The fourth-order valence-electron chi connectivity index (χ4n) is 2.12. The van der Waals surface area contributed by atoms with E-state index in [2.05, 4.69) is 0 Å². The van der Waals surface area contributed by atoms with Crippen LogP contribution in [-0.2, 0) is 18.3 Å². The summed E-state index contributed by atoms with van der Waals surface area (Å²) in [5, 5.41) is 0. The molecule has 5 atom stereocenters. The molecule has 2 heterocycles. The lowest BCUT2D eigenvalue weighted by Crippen LogP contribution is -2.40. The molecule has 0 N–H and O–H groups in total. The van der Waals surface area contributed by atoms with Crippen LogP contribution in [0.4, 0.5) is 4.39 Å². The van der Waals surface area contributed by atoms with Crippen LogP contribution in [0, 0.1) is 5.92 Å². The smallest absolute Gasteiger partial charge is 0.263 e. The molecule has 2 fully saturated rings. The molecule has 2 rings (SSSR count). The molecule has 2 aliphatic rings. The highest BCUT2D eigenvalue weighted by atomic mass is 31.2. The summed E-state index contributed by atoms with van der Waals surface area (Å²) in [7, 11) is 7.26. The normalized spacial score (nSPS) is 54.0. The van der Waals surface area contributed by atoms with Gasteiger partial charge in [0.1, 0.15) is 14.0 Å². The van der Waals surface area contributed by atoms with E-state index in [1.54, 1.807) is 6.92 Å². The topological polar surface area (TPSA) is 44.8 Å². The van der Waals surface area contributed by atoms with Crippen molar-refractivity contribution < 1.29 is 22.7 Å². The third-order valence-corrected chi connectivity index (χ3v) is 4.31. The molecule has 1 spiro atoms. The van der Waals surface area contributed by atoms with Gasteiger partial charge in [-0.2, -0.15) is 0 Å². The Morgan fingerprint density at radius 2 is 2.19 bits per heavy atom. The van der Waals surface area contributed by atoms with Gasteiger partial charge in [-0.25, -0.2) is 4.39 Å². The van der Waals surface area contributed by atoms with Crippen molar-refractivity contribution in [2.75, 3.05) is 13.2 Å². The number of hydrogen-bond donors (Lipinski definition) is 0. The lowest BCUT2D eigenvalue weighted by Gasteiger charge is -2.30. The van der Waals surface area contributed by atoms with E-state index >= 15 is 0 Å². The summed E-state index contributed by atoms with van der Waals surface area (Å²) in [6.45, 7) is 1.74. The van der Waals surface area contributed by atoms with Crippen molar-refractivity contribution in [2.45, 2.75) is 31.1 Å². The highest BCUT2D eigenvalue weighted by Gasteiger charge is 2.52. The highest BCUT2D eigenvalue weighted by Crippen LogP contribution is 2.50. The molecule has 2 unspecified atom stereocenters. The predicted octanol–water partition coefficient (Wildman–Crippen LogP) is 0.938. The van der Waals surface area contributed by atoms with E-state index in [0.717, 1.165) is 0 Å². The Balaban J connectivity index is 2.17. The number of alkyl halides is 1. The van der Waals surface area contributed by atoms with Gasteiger partial charge < -0.3 is 13.8 Å². The van der Waals surface area contributed by atoms with Crippen LogP contribution < -0.4 is 0 Å². The standard InChI is InChI=1S/C8H12B2FO4P/c1-5-6(11)7(9)15-8(5)2-3-13-16(10,12)14-4-8/h5-7H,2-4H2,1H3/t5?,6-,7+,8+,16?/m0/s1. The molecule has 16 heavy (non-hydrogen) atoms. The van der Waals surface area contributed by atoms with Crippen molar-refractivity contribution in [3.05, 3.63) is 0 Å². The van der Waals surface area contributed by atoms with Gasteiger partial charge in [0.25, 0.3) is 7.47 Å². The second-order valence-electron chi connectivity index (χ2n) is 4.28. The minimum atomic E-state index is -3.52. The summed E-state index contributed by atoms with van der Waals surface area (Å²) in [6.07, 6.45) is -0.900. The van der Waals surface area contributed by atoms with Crippen molar-refractivity contribution in [1.82, 2.24) is 0 Å². The molecule has 0 amide bonds. The zero-order valence-electron chi connectivity index (χ0n) is 8.97. The van der Waals surface area contributed by atoms with Crippen LogP contribution in [0.2, 0.25) is 0 Å². The third kappa shape index (κ3) is 2.10. The predicted molar refractivity (Wildman–Crippen MR) is 57.3 cm³/mol. The Bertz CT molecular complexity index is 331. The molecule has 86 valence electrons. The summed E-state index contributed by atoms with van der Waals surface area (Å²) >= 11 is 0. The summed E-state index contributed by atoms with van der Waals surface area (Å²) in [6, 6.07) is -0.978. The van der Waals surface area contributed by atoms with Crippen LogP contribution in [0.1, 0.15) is 13.3 Å². The number of hydrogen-bond acceptors (Lipinski definition) is 4. The third-order valence-electron chi connectivity index (χ3n) is 3.28. The first-order valence-corrected chi connectivity index (χ1v) is 6.73. The van der Waals surface area contributed by atoms with Gasteiger partial charge in [-0.1, -0.05) is 6.92 Å².